The Labute approximate surface area is 156 Å². The highest BCUT2D eigenvalue weighted by atomic mass is 32.1. The van der Waals surface area contributed by atoms with Gasteiger partial charge in [-0.1, -0.05) is 12.1 Å². The molecule has 0 saturated carbocycles. The molecule has 2 bridgehead atoms. The third kappa shape index (κ3) is 3.78. The van der Waals surface area contributed by atoms with Gasteiger partial charge in [0.05, 0.1) is 4.88 Å². The molecule has 2 aliphatic rings. The van der Waals surface area contributed by atoms with E-state index in [4.69, 9.17) is 0 Å². The van der Waals surface area contributed by atoms with Crippen LogP contribution in [0.15, 0.2) is 30.5 Å². The number of fused-ring (bicyclic) bond motifs is 2. The normalized spacial score (nSPS) is 24.3. The van der Waals surface area contributed by atoms with Crippen molar-refractivity contribution in [3.8, 4) is 10.4 Å². The Morgan fingerprint density at radius 2 is 2.04 bits per heavy atom. The zero-order chi connectivity index (χ0) is 18.1. The van der Waals surface area contributed by atoms with Crippen molar-refractivity contribution >= 4 is 28.8 Å². The van der Waals surface area contributed by atoms with Crippen LogP contribution in [0.1, 0.15) is 29.6 Å². The van der Waals surface area contributed by atoms with Crippen LogP contribution >= 0.6 is 11.3 Å². The van der Waals surface area contributed by atoms with Crippen LogP contribution in [0.25, 0.3) is 10.4 Å². The Kier molecular flexibility index (Phi) is 4.74. The number of carbonyl (C=O) groups excluding carboxylic acids is 2. The number of thiazole rings is 1. The van der Waals surface area contributed by atoms with Gasteiger partial charge in [-0.05, 0) is 43.0 Å². The zero-order valence-electron chi connectivity index (χ0n) is 14.7. The van der Waals surface area contributed by atoms with E-state index in [1.807, 2.05) is 24.3 Å². The number of hydrogen-bond acceptors (Lipinski definition) is 5. The third-order valence-corrected chi connectivity index (χ3v) is 6.04. The number of aromatic nitrogens is 1. The molecule has 2 N–H and O–H groups in total. The monoisotopic (exact) mass is 370 g/mol. The molecule has 1 unspecified atom stereocenters. The van der Waals surface area contributed by atoms with Gasteiger partial charge in [0.15, 0.2) is 5.01 Å². The number of benzene rings is 1. The van der Waals surface area contributed by atoms with Crippen LogP contribution in [-0.2, 0) is 4.79 Å². The summed E-state index contributed by atoms with van der Waals surface area (Å²) >= 11 is 1.40. The number of amides is 2. The Morgan fingerprint density at radius 3 is 2.77 bits per heavy atom. The predicted octanol–water partition coefficient (Wildman–Crippen LogP) is 2.59. The maximum absolute atomic E-state index is 12.5. The van der Waals surface area contributed by atoms with Gasteiger partial charge in [0.25, 0.3) is 5.91 Å². The lowest BCUT2D eigenvalue weighted by Gasteiger charge is -2.30. The average molecular weight is 370 g/mol. The van der Waals surface area contributed by atoms with Crippen molar-refractivity contribution in [3.63, 3.8) is 0 Å². The molecule has 2 aromatic rings. The maximum Gasteiger partial charge on any atom is 0.280 e. The van der Waals surface area contributed by atoms with Crippen molar-refractivity contribution in [3.05, 3.63) is 35.5 Å². The van der Waals surface area contributed by atoms with Crippen LogP contribution in [0, 0.1) is 5.92 Å². The summed E-state index contributed by atoms with van der Waals surface area (Å²) in [5.41, 5.74) is 1.74. The van der Waals surface area contributed by atoms with Crippen molar-refractivity contribution in [2.45, 2.75) is 25.8 Å². The summed E-state index contributed by atoms with van der Waals surface area (Å²) in [5.74, 6) is 0.550. The zero-order valence-corrected chi connectivity index (χ0v) is 15.5. The van der Waals surface area contributed by atoms with Crippen LogP contribution < -0.4 is 10.6 Å². The first kappa shape index (κ1) is 17.2. The second kappa shape index (κ2) is 7.17. The number of piperidine rings is 1. The van der Waals surface area contributed by atoms with E-state index in [9.17, 15) is 9.59 Å². The largest absolute Gasteiger partial charge is 0.346 e. The van der Waals surface area contributed by atoms with Crippen LogP contribution in [-0.4, -0.2) is 47.4 Å². The van der Waals surface area contributed by atoms with Gasteiger partial charge in [0.1, 0.15) is 0 Å². The Hall–Kier alpha value is -2.25. The maximum atomic E-state index is 12.5. The van der Waals surface area contributed by atoms with E-state index in [1.54, 1.807) is 6.20 Å². The molecule has 26 heavy (non-hydrogen) atoms. The first-order chi connectivity index (χ1) is 12.6. The second-order valence-electron chi connectivity index (χ2n) is 7.11. The molecule has 1 aromatic heterocycles. The van der Waals surface area contributed by atoms with Gasteiger partial charge < -0.3 is 15.5 Å². The highest BCUT2D eigenvalue weighted by molar-refractivity contribution is 7.16. The Bertz CT molecular complexity index is 805. The summed E-state index contributed by atoms with van der Waals surface area (Å²) in [4.78, 5) is 31.3. The first-order valence-corrected chi connectivity index (χ1v) is 9.75. The molecule has 4 rings (SSSR count). The molecule has 3 heterocycles. The van der Waals surface area contributed by atoms with Gasteiger partial charge >= 0.3 is 0 Å². The van der Waals surface area contributed by atoms with Gasteiger partial charge in [-0.2, -0.15) is 0 Å². The van der Waals surface area contributed by atoms with E-state index >= 15 is 0 Å². The fourth-order valence-corrected chi connectivity index (χ4v) is 4.67. The van der Waals surface area contributed by atoms with Crippen molar-refractivity contribution in [2.75, 3.05) is 25.0 Å². The summed E-state index contributed by atoms with van der Waals surface area (Å²) in [7, 11) is 0. The second-order valence-corrected chi connectivity index (χ2v) is 8.14. The van der Waals surface area contributed by atoms with Crippen molar-refractivity contribution in [1.29, 1.82) is 0 Å². The lowest BCUT2D eigenvalue weighted by atomic mass is 9.97. The van der Waals surface area contributed by atoms with E-state index in [1.165, 1.54) is 31.2 Å². The van der Waals surface area contributed by atoms with E-state index in [2.05, 4.69) is 20.5 Å². The van der Waals surface area contributed by atoms with Crippen LogP contribution in [0.3, 0.4) is 0 Å². The summed E-state index contributed by atoms with van der Waals surface area (Å²) in [6, 6.07) is 7.78. The minimum Gasteiger partial charge on any atom is -0.346 e. The lowest BCUT2D eigenvalue weighted by Crippen LogP contribution is -2.46. The molecule has 0 radical (unpaired) electrons. The van der Waals surface area contributed by atoms with Crippen molar-refractivity contribution in [2.24, 2.45) is 5.92 Å². The fourth-order valence-electron chi connectivity index (χ4n) is 3.84. The van der Waals surface area contributed by atoms with Gasteiger partial charge in [0, 0.05) is 37.9 Å². The molecule has 0 aliphatic carbocycles. The Morgan fingerprint density at radius 1 is 1.23 bits per heavy atom. The molecular formula is C19H22N4O2S. The number of nitrogens with one attached hydrogen (secondary N) is 2. The van der Waals surface area contributed by atoms with Crippen molar-refractivity contribution < 1.29 is 9.59 Å². The van der Waals surface area contributed by atoms with Crippen LogP contribution in [0.5, 0.6) is 0 Å². The molecule has 3 atom stereocenters. The number of anilines is 1. The molecule has 136 valence electrons. The van der Waals surface area contributed by atoms with Gasteiger partial charge in [-0.15, -0.1) is 11.3 Å². The SMILES string of the molecule is CC(=O)Nc1ccc(-c2cnc(C(=O)N[C@@H]3C[C@@H]4CCN(C4)C3)s2)cc1. The highest BCUT2D eigenvalue weighted by Gasteiger charge is 2.33. The Balaban J connectivity index is 1.40. The van der Waals surface area contributed by atoms with E-state index in [0.29, 0.717) is 5.01 Å². The predicted molar refractivity (Wildman–Crippen MR) is 102 cm³/mol. The molecular weight excluding hydrogens is 348 g/mol. The summed E-state index contributed by atoms with van der Waals surface area (Å²) in [5, 5.41) is 6.40. The minimum absolute atomic E-state index is 0.0800. The van der Waals surface area contributed by atoms with Gasteiger partial charge in [0.2, 0.25) is 5.91 Å². The number of nitrogens with zero attached hydrogens (tertiary/aromatic N) is 2. The lowest BCUT2D eigenvalue weighted by molar-refractivity contribution is -0.114. The molecule has 2 amide bonds. The molecule has 0 spiro atoms. The molecule has 2 fully saturated rings. The summed E-state index contributed by atoms with van der Waals surface area (Å²) in [6.07, 6.45) is 4.06. The standard InChI is InChI=1S/C19H22N4O2S/c1-12(24)21-15-4-2-14(3-5-15)17-9-20-19(26-17)18(25)22-16-8-13-6-7-23(10-13)11-16/h2-5,9,13,16H,6-8,10-11H2,1H3,(H,21,24)(H,22,25)/t13-,16+/m0/s1. The molecule has 7 heteroatoms. The topological polar surface area (TPSA) is 74.3 Å². The average Bonchev–Trinajstić information content (AvgIpc) is 3.22. The van der Waals surface area contributed by atoms with Gasteiger partial charge in [-0.25, -0.2) is 4.98 Å². The number of carbonyl (C=O) groups is 2. The summed E-state index contributed by atoms with van der Waals surface area (Å²) in [6.45, 7) is 4.77. The summed E-state index contributed by atoms with van der Waals surface area (Å²) < 4.78 is 0. The quantitative estimate of drug-likeness (QED) is 0.868. The van der Waals surface area contributed by atoms with E-state index in [-0.39, 0.29) is 17.9 Å². The molecule has 6 nitrogen and oxygen atoms in total. The number of hydrogen-bond donors (Lipinski definition) is 2. The fraction of sp³-hybridized carbons (Fsp3) is 0.421. The highest BCUT2D eigenvalue weighted by Crippen LogP contribution is 2.29. The number of rotatable bonds is 4. The smallest absolute Gasteiger partial charge is 0.280 e. The first-order valence-electron chi connectivity index (χ1n) is 8.94. The van der Waals surface area contributed by atoms with Gasteiger partial charge in [-0.3, -0.25) is 9.59 Å². The van der Waals surface area contributed by atoms with Crippen LogP contribution in [0.4, 0.5) is 5.69 Å². The van der Waals surface area contributed by atoms with E-state index < -0.39 is 0 Å². The third-order valence-electron chi connectivity index (χ3n) is 4.99. The molecule has 1 aromatic carbocycles. The minimum atomic E-state index is -0.0954. The van der Waals surface area contributed by atoms with Crippen LogP contribution in [0.2, 0.25) is 0 Å². The molecule has 2 aliphatic heterocycles. The molecule has 2 saturated heterocycles. The van der Waals surface area contributed by atoms with E-state index in [0.717, 1.165) is 41.6 Å². The van der Waals surface area contributed by atoms with Crippen molar-refractivity contribution in [1.82, 2.24) is 15.2 Å².